The quantitative estimate of drug-likeness (QED) is 0.657. The van der Waals surface area contributed by atoms with Crippen LogP contribution in [0.15, 0.2) is 11.8 Å². The summed E-state index contributed by atoms with van der Waals surface area (Å²) < 4.78 is 0. The average molecular weight is 367 g/mol. The minimum absolute atomic E-state index is 0.325. The standard InChI is InChI=1S/C18H27BrN2O/c19-14-5-3-4-13(10-14)11-15-8-9-20-17-7-2-1-6-16(17)18(22)12-21(15)20/h11,13-14,16-17H,1-10,12H2/b15-11+. The molecule has 0 amide bonds. The monoisotopic (exact) mass is 366 g/mol. The van der Waals surface area contributed by atoms with Crippen molar-refractivity contribution in [1.82, 2.24) is 10.0 Å². The predicted molar refractivity (Wildman–Crippen MR) is 91.5 cm³/mol. The molecule has 4 heteroatoms. The molecule has 4 rings (SSSR count). The van der Waals surface area contributed by atoms with Crippen LogP contribution >= 0.6 is 15.9 Å². The van der Waals surface area contributed by atoms with Gasteiger partial charge in [0.1, 0.15) is 0 Å². The first-order valence-corrected chi connectivity index (χ1v) is 10.1. The maximum Gasteiger partial charge on any atom is 0.158 e. The van der Waals surface area contributed by atoms with Gasteiger partial charge in [0.2, 0.25) is 0 Å². The number of fused-ring (bicyclic) bond motifs is 3. The van der Waals surface area contributed by atoms with Gasteiger partial charge in [0, 0.05) is 35.4 Å². The number of carbonyl (C=O) groups is 1. The van der Waals surface area contributed by atoms with Crippen LogP contribution in [0, 0.1) is 11.8 Å². The van der Waals surface area contributed by atoms with E-state index in [4.69, 9.17) is 0 Å². The van der Waals surface area contributed by atoms with E-state index in [9.17, 15) is 4.79 Å². The van der Waals surface area contributed by atoms with E-state index in [1.165, 1.54) is 50.6 Å². The molecule has 2 aliphatic heterocycles. The number of hydrazine groups is 1. The molecule has 0 aromatic rings. The van der Waals surface area contributed by atoms with Crippen LogP contribution in [0.5, 0.6) is 0 Å². The number of nitrogens with zero attached hydrogens (tertiary/aromatic N) is 2. The smallest absolute Gasteiger partial charge is 0.158 e. The van der Waals surface area contributed by atoms with E-state index in [-0.39, 0.29) is 0 Å². The number of halogens is 1. The Hall–Kier alpha value is -0.350. The van der Waals surface area contributed by atoms with E-state index < -0.39 is 0 Å². The second-order valence-corrected chi connectivity index (χ2v) is 8.87. The van der Waals surface area contributed by atoms with Crippen molar-refractivity contribution in [3.63, 3.8) is 0 Å². The summed E-state index contributed by atoms with van der Waals surface area (Å²) in [5, 5.41) is 4.90. The minimum atomic E-state index is 0.325. The van der Waals surface area contributed by atoms with Crippen molar-refractivity contribution in [2.24, 2.45) is 11.8 Å². The molecule has 0 aromatic heterocycles. The number of alkyl halides is 1. The van der Waals surface area contributed by atoms with Crippen LogP contribution in [0.3, 0.4) is 0 Å². The van der Waals surface area contributed by atoms with Crippen LogP contribution in [0.2, 0.25) is 0 Å². The van der Waals surface area contributed by atoms with Crippen molar-refractivity contribution in [2.45, 2.75) is 68.7 Å². The van der Waals surface area contributed by atoms with Gasteiger partial charge < -0.3 is 5.01 Å². The topological polar surface area (TPSA) is 23.6 Å². The van der Waals surface area contributed by atoms with Gasteiger partial charge in [-0.2, -0.15) is 0 Å². The lowest BCUT2D eigenvalue weighted by atomic mass is 9.80. The molecule has 2 heterocycles. The highest BCUT2D eigenvalue weighted by Crippen LogP contribution is 2.40. The molecule has 2 saturated carbocycles. The van der Waals surface area contributed by atoms with Crippen LogP contribution in [0.4, 0.5) is 0 Å². The van der Waals surface area contributed by atoms with E-state index in [2.05, 4.69) is 32.0 Å². The number of carbonyl (C=O) groups excluding carboxylic acids is 1. The first kappa shape index (κ1) is 15.2. The number of Topliss-reactive ketones (excluding diaryl/α,β-unsaturated/α-hetero) is 1. The summed E-state index contributed by atoms with van der Waals surface area (Å²) in [6.07, 6.45) is 13.8. The fourth-order valence-electron chi connectivity index (χ4n) is 5.05. The molecule has 4 unspecified atom stereocenters. The maximum atomic E-state index is 12.6. The normalized spacial score (nSPS) is 41.6. The molecule has 122 valence electrons. The number of rotatable bonds is 1. The zero-order valence-corrected chi connectivity index (χ0v) is 14.9. The molecular weight excluding hydrogens is 340 g/mol. The van der Waals surface area contributed by atoms with Gasteiger partial charge in [-0.3, -0.25) is 4.79 Å². The second kappa shape index (κ2) is 6.27. The zero-order chi connectivity index (χ0) is 15.1. The van der Waals surface area contributed by atoms with Crippen molar-refractivity contribution in [1.29, 1.82) is 0 Å². The van der Waals surface area contributed by atoms with Gasteiger partial charge >= 0.3 is 0 Å². The maximum absolute atomic E-state index is 12.6. The molecule has 3 nitrogen and oxygen atoms in total. The molecule has 4 fully saturated rings. The van der Waals surface area contributed by atoms with Crippen LogP contribution in [0.1, 0.15) is 57.8 Å². The second-order valence-electron chi connectivity index (χ2n) is 7.58. The van der Waals surface area contributed by atoms with Gasteiger partial charge in [0.25, 0.3) is 0 Å². The molecule has 22 heavy (non-hydrogen) atoms. The summed E-state index contributed by atoms with van der Waals surface area (Å²) in [6.45, 7) is 1.77. The fraction of sp³-hybridized carbons (Fsp3) is 0.833. The van der Waals surface area contributed by atoms with Crippen molar-refractivity contribution < 1.29 is 4.79 Å². The minimum Gasteiger partial charge on any atom is -0.302 e. The molecule has 4 aliphatic rings. The van der Waals surface area contributed by atoms with E-state index in [1.54, 1.807) is 0 Å². The van der Waals surface area contributed by atoms with Crippen molar-refractivity contribution in [3.05, 3.63) is 11.8 Å². The van der Waals surface area contributed by atoms with Crippen LogP contribution in [-0.2, 0) is 4.79 Å². The molecule has 0 radical (unpaired) electrons. The Morgan fingerprint density at radius 3 is 2.82 bits per heavy atom. The van der Waals surface area contributed by atoms with Crippen molar-refractivity contribution in [3.8, 4) is 0 Å². The molecule has 0 aromatic carbocycles. The third kappa shape index (κ3) is 2.77. The average Bonchev–Trinajstić information content (AvgIpc) is 2.91. The highest BCUT2D eigenvalue weighted by molar-refractivity contribution is 9.09. The Kier molecular flexibility index (Phi) is 4.33. The lowest BCUT2D eigenvalue weighted by Crippen LogP contribution is -2.57. The van der Waals surface area contributed by atoms with Crippen LogP contribution in [0.25, 0.3) is 0 Å². The highest BCUT2D eigenvalue weighted by atomic mass is 79.9. The number of ketones is 1. The number of hydrogen-bond donors (Lipinski definition) is 0. The summed E-state index contributed by atoms with van der Waals surface area (Å²) in [6, 6.07) is 0.496. The summed E-state index contributed by atoms with van der Waals surface area (Å²) in [5.74, 6) is 1.52. The van der Waals surface area contributed by atoms with Gasteiger partial charge in [-0.25, -0.2) is 5.01 Å². The Bertz CT molecular complexity index is 478. The summed E-state index contributed by atoms with van der Waals surface area (Å²) in [7, 11) is 0. The SMILES string of the molecule is O=C1CN2/C(=C/C3CCCC(Br)C3)CCN2C2CCCCC12. The molecule has 0 N–H and O–H groups in total. The molecule has 0 bridgehead atoms. The van der Waals surface area contributed by atoms with E-state index in [1.807, 2.05) is 0 Å². The Morgan fingerprint density at radius 1 is 1.09 bits per heavy atom. The molecule has 0 spiro atoms. The Labute approximate surface area is 142 Å². The van der Waals surface area contributed by atoms with Gasteiger partial charge in [-0.05, 0) is 38.0 Å². The molecule has 2 saturated heterocycles. The first-order chi connectivity index (χ1) is 10.7. The van der Waals surface area contributed by atoms with Crippen LogP contribution < -0.4 is 0 Å². The molecule has 2 aliphatic carbocycles. The van der Waals surface area contributed by atoms with E-state index in [0.29, 0.717) is 35.0 Å². The Balaban J connectivity index is 1.51. The van der Waals surface area contributed by atoms with Gasteiger partial charge in [0.15, 0.2) is 5.78 Å². The summed E-state index contributed by atoms with van der Waals surface area (Å²) in [5.41, 5.74) is 1.43. The molecular formula is C18H27BrN2O. The predicted octanol–water partition coefficient (Wildman–Crippen LogP) is 3.89. The summed E-state index contributed by atoms with van der Waals surface area (Å²) in [4.78, 5) is 13.2. The van der Waals surface area contributed by atoms with Crippen molar-refractivity contribution in [2.75, 3.05) is 13.1 Å². The largest absolute Gasteiger partial charge is 0.302 e. The number of allylic oxidation sites excluding steroid dienone is 1. The van der Waals surface area contributed by atoms with Gasteiger partial charge in [0.05, 0.1) is 6.54 Å². The highest BCUT2D eigenvalue weighted by Gasteiger charge is 2.45. The van der Waals surface area contributed by atoms with Gasteiger partial charge in [-0.1, -0.05) is 41.3 Å². The third-order valence-corrected chi connectivity index (χ3v) is 6.98. The Morgan fingerprint density at radius 2 is 1.95 bits per heavy atom. The van der Waals surface area contributed by atoms with Crippen LogP contribution in [-0.4, -0.2) is 39.8 Å². The van der Waals surface area contributed by atoms with Gasteiger partial charge in [-0.15, -0.1) is 0 Å². The third-order valence-electron chi connectivity index (χ3n) is 6.15. The fourth-order valence-corrected chi connectivity index (χ4v) is 5.85. The number of hydrogen-bond acceptors (Lipinski definition) is 3. The van der Waals surface area contributed by atoms with E-state index in [0.717, 1.165) is 19.4 Å². The van der Waals surface area contributed by atoms with E-state index >= 15 is 0 Å². The zero-order valence-electron chi connectivity index (χ0n) is 13.3. The lowest BCUT2D eigenvalue weighted by Gasteiger charge is -2.47. The van der Waals surface area contributed by atoms with Crippen molar-refractivity contribution >= 4 is 21.7 Å². The summed E-state index contributed by atoms with van der Waals surface area (Å²) >= 11 is 3.79. The first-order valence-electron chi connectivity index (χ1n) is 9.14. The lowest BCUT2D eigenvalue weighted by molar-refractivity contribution is -0.145. The molecule has 4 atom stereocenters.